The van der Waals surface area contributed by atoms with Crippen molar-refractivity contribution in [3.8, 4) is 5.75 Å². The Labute approximate surface area is 129 Å². The zero-order chi connectivity index (χ0) is 15.8. The van der Waals surface area contributed by atoms with Crippen molar-refractivity contribution in [2.24, 2.45) is 0 Å². The predicted octanol–water partition coefficient (Wildman–Crippen LogP) is 2.79. The van der Waals surface area contributed by atoms with Crippen LogP contribution in [0.4, 0.5) is 5.69 Å². The van der Waals surface area contributed by atoms with Crippen molar-refractivity contribution in [2.75, 3.05) is 24.6 Å². The lowest BCUT2D eigenvalue weighted by Gasteiger charge is -2.26. The number of aliphatic hydroxyl groups is 1. The molecule has 0 unspecified atom stereocenters. The van der Waals surface area contributed by atoms with Gasteiger partial charge in [-0.05, 0) is 38.5 Å². The Morgan fingerprint density at radius 3 is 2.48 bits per heavy atom. The van der Waals surface area contributed by atoms with E-state index in [2.05, 4.69) is 49.2 Å². The quantitative estimate of drug-likeness (QED) is 0.735. The van der Waals surface area contributed by atoms with Gasteiger partial charge in [-0.2, -0.15) is 0 Å². The van der Waals surface area contributed by atoms with Crippen LogP contribution >= 0.6 is 0 Å². The zero-order valence-electron chi connectivity index (χ0n) is 14.0. The lowest BCUT2D eigenvalue weighted by atomic mass is 10.1. The number of aliphatic hydroxyl groups excluding tert-OH is 1. The van der Waals surface area contributed by atoms with E-state index in [1.54, 1.807) is 0 Å². The number of benzene rings is 1. The number of hydrogen-bond donors (Lipinski definition) is 2. The van der Waals surface area contributed by atoms with Crippen LogP contribution in [0.3, 0.4) is 0 Å². The van der Waals surface area contributed by atoms with Gasteiger partial charge in [-0.25, -0.2) is 0 Å². The highest BCUT2D eigenvalue weighted by Gasteiger charge is 2.13. The van der Waals surface area contributed by atoms with E-state index in [1.807, 2.05) is 13.8 Å². The van der Waals surface area contributed by atoms with Gasteiger partial charge in [-0.15, -0.1) is 0 Å². The average molecular weight is 294 g/mol. The second-order valence-corrected chi connectivity index (χ2v) is 5.81. The van der Waals surface area contributed by atoms with Gasteiger partial charge in [0.1, 0.15) is 5.75 Å². The van der Waals surface area contributed by atoms with Gasteiger partial charge in [0.2, 0.25) is 0 Å². The van der Waals surface area contributed by atoms with Gasteiger partial charge in [-0.1, -0.05) is 19.9 Å². The Morgan fingerprint density at radius 2 is 1.95 bits per heavy atom. The summed E-state index contributed by atoms with van der Waals surface area (Å²) in [5.74, 6) is 0.892. The molecule has 0 fully saturated rings. The molecular formula is C17H30N2O2. The van der Waals surface area contributed by atoms with Crippen LogP contribution in [-0.4, -0.2) is 36.9 Å². The second-order valence-electron chi connectivity index (χ2n) is 5.81. The first-order valence-electron chi connectivity index (χ1n) is 7.86. The lowest BCUT2D eigenvalue weighted by Crippen LogP contribution is -2.27. The van der Waals surface area contributed by atoms with E-state index in [0.717, 1.165) is 24.5 Å². The first-order valence-corrected chi connectivity index (χ1v) is 7.86. The van der Waals surface area contributed by atoms with Gasteiger partial charge in [0.05, 0.1) is 18.4 Å². The van der Waals surface area contributed by atoms with Crippen LogP contribution in [0.1, 0.15) is 40.2 Å². The molecule has 0 radical (unpaired) electrons. The smallest absolute Gasteiger partial charge is 0.143 e. The summed E-state index contributed by atoms with van der Waals surface area (Å²) >= 11 is 0. The van der Waals surface area contributed by atoms with Crippen LogP contribution in [0.5, 0.6) is 5.75 Å². The third kappa shape index (κ3) is 5.94. The van der Waals surface area contributed by atoms with E-state index in [1.165, 1.54) is 5.56 Å². The molecule has 2 N–H and O–H groups in total. The molecule has 0 bridgehead atoms. The van der Waals surface area contributed by atoms with E-state index in [-0.39, 0.29) is 12.7 Å². The highest BCUT2D eigenvalue weighted by molar-refractivity contribution is 5.60. The van der Waals surface area contributed by atoms with Crippen molar-refractivity contribution in [2.45, 2.75) is 53.3 Å². The monoisotopic (exact) mass is 294 g/mol. The molecular weight excluding hydrogens is 264 g/mol. The van der Waals surface area contributed by atoms with Gasteiger partial charge in [0, 0.05) is 25.7 Å². The fraction of sp³-hybridized carbons (Fsp3) is 0.647. The Balaban J connectivity index is 3.00. The van der Waals surface area contributed by atoms with Crippen LogP contribution in [0.25, 0.3) is 0 Å². The molecule has 0 atom stereocenters. The molecule has 1 aromatic rings. The van der Waals surface area contributed by atoms with Gasteiger partial charge < -0.3 is 20.1 Å². The molecule has 0 aliphatic rings. The maximum atomic E-state index is 9.21. The topological polar surface area (TPSA) is 44.7 Å². The number of rotatable bonds is 9. The minimum Gasteiger partial charge on any atom is -0.489 e. The van der Waals surface area contributed by atoms with Crippen molar-refractivity contribution >= 4 is 5.69 Å². The van der Waals surface area contributed by atoms with Gasteiger partial charge in [0.15, 0.2) is 0 Å². The van der Waals surface area contributed by atoms with Crippen molar-refractivity contribution in [1.29, 1.82) is 0 Å². The molecule has 120 valence electrons. The van der Waals surface area contributed by atoms with Crippen molar-refractivity contribution in [3.05, 3.63) is 23.8 Å². The Morgan fingerprint density at radius 1 is 1.24 bits per heavy atom. The molecule has 4 nitrogen and oxygen atoms in total. The van der Waals surface area contributed by atoms with E-state index in [0.29, 0.717) is 12.6 Å². The molecule has 0 amide bonds. The van der Waals surface area contributed by atoms with Crippen LogP contribution in [0.2, 0.25) is 0 Å². The molecule has 0 aliphatic carbocycles. The average Bonchev–Trinajstić information content (AvgIpc) is 2.42. The molecule has 21 heavy (non-hydrogen) atoms. The molecule has 0 heterocycles. The first-order chi connectivity index (χ1) is 9.97. The molecule has 0 spiro atoms. The number of likely N-dealkylation sites (N-methyl/N-ethyl adjacent to an activating group) is 1. The first kappa shape index (κ1) is 17.8. The summed E-state index contributed by atoms with van der Waals surface area (Å²) in [4.78, 5) is 2.14. The third-order valence-corrected chi connectivity index (χ3v) is 3.19. The predicted molar refractivity (Wildman–Crippen MR) is 89.2 cm³/mol. The van der Waals surface area contributed by atoms with Gasteiger partial charge in [0.25, 0.3) is 0 Å². The number of nitrogens with one attached hydrogen (secondary N) is 1. The molecule has 1 rings (SSSR count). The van der Waals surface area contributed by atoms with Crippen LogP contribution < -0.4 is 15.0 Å². The summed E-state index contributed by atoms with van der Waals surface area (Å²) in [5.41, 5.74) is 2.26. The van der Waals surface area contributed by atoms with Gasteiger partial charge >= 0.3 is 0 Å². The Kier molecular flexibility index (Phi) is 7.54. The molecule has 0 aromatic heterocycles. The minimum absolute atomic E-state index is 0.130. The highest BCUT2D eigenvalue weighted by atomic mass is 16.5. The molecule has 4 heteroatoms. The van der Waals surface area contributed by atoms with E-state index in [4.69, 9.17) is 4.74 Å². The van der Waals surface area contributed by atoms with Crippen molar-refractivity contribution < 1.29 is 9.84 Å². The Bertz CT molecular complexity index is 419. The summed E-state index contributed by atoms with van der Waals surface area (Å²) < 4.78 is 5.97. The summed E-state index contributed by atoms with van der Waals surface area (Å²) in [7, 11) is 0. The van der Waals surface area contributed by atoms with Crippen LogP contribution in [0.15, 0.2) is 18.2 Å². The summed E-state index contributed by atoms with van der Waals surface area (Å²) in [5, 5.41) is 12.6. The fourth-order valence-electron chi connectivity index (χ4n) is 2.17. The lowest BCUT2D eigenvalue weighted by molar-refractivity contribution is 0.242. The molecule has 0 aliphatic heterocycles. The van der Waals surface area contributed by atoms with E-state index >= 15 is 0 Å². The standard InChI is InChI=1S/C17H30N2O2/c1-6-19(9-10-20)16-8-7-15(12-18-13(2)3)11-17(16)21-14(4)5/h7-8,11,13-14,18,20H,6,9-10,12H2,1-5H3. The van der Waals surface area contributed by atoms with Crippen molar-refractivity contribution in [1.82, 2.24) is 5.32 Å². The van der Waals surface area contributed by atoms with E-state index < -0.39 is 0 Å². The fourth-order valence-corrected chi connectivity index (χ4v) is 2.17. The highest BCUT2D eigenvalue weighted by Crippen LogP contribution is 2.30. The normalized spacial score (nSPS) is 11.2. The Hall–Kier alpha value is -1.26. The third-order valence-electron chi connectivity index (χ3n) is 3.19. The molecule has 0 saturated carbocycles. The number of hydrogen-bond acceptors (Lipinski definition) is 4. The maximum absolute atomic E-state index is 9.21. The molecule has 0 saturated heterocycles. The SMILES string of the molecule is CCN(CCO)c1ccc(CNC(C)C)cc1OC(C)C. The summed E-state index contributed by atoms with van der Waals surface area (Å²) in [6, 6.07) is 6.78. The summed E-state index contributed by atoms with van der Waals surface area (Å²) in [6.45, 7) is 12.9. The zero-order valence-corrected chi connectivity index (χ0v) is 14.0. The summed E-state index contributed by atoms with van der Waals surface area (Å²) in [6.07, 6.45) is 0.130. The van der Waals surface area contributed by atoms with Crippen molar-refractivity contribution in [3.63, 3.8) is 0 Å². The second kappa shape index (κ2) is 8.90. The number of ether oxygens (including phenoxy) is 1. The van der Waals surface area contributed by atoms with Crippen LogP contribution in [-0.2, 0) is 6.54 Å². The van der Waals surface area contributed by atoms with Crippen LogP contribution in [0, 0.1) is 0 Å². The maximum Gasteiger partial charge on any atom is 0.143 e. The van der Waals surface area contributed by atoms with E-state index in [9.17, 15) is 5.11 Å². The number of anilines is 1. The molecule has 1 aromatic carbocycles. The number of nitrogens with zero attached hydrogens (tertiary/aromatic N) is 1. The largest absolute Gasteiger partial charge is 0.489 e. The van der Waals surface area contributed by atoms with Gasteiger partial charge in [-0.3, -0.25) is 0 Å². The minimum atomic E-state index is 0.130.